The van der Waals surface area contributed by atoms with Crippen LogP contribution in [0.25, 0.3) is 11.0 Å². The van der Waals surface area contributed by atoms with Gasteiger partial charge in [-0.3, -0.25) is 9.69 Å². The molecule has 1 aliphatic rings. The minimum absolute atomic E-state index is 0.0784. The summed E-state index contributed by atoms with van der Waals surface area (Å²) in [5.74, 6) is 0.0784. The Kier molecular flexibility index (Phi) is 5.34. The number of ether oxygens (including phenoxy) is 1. The molecule has 7 nitrogen and oxygen atoms in total. The fourth-order valence-corrected chi connectivity index (χ4v) is 2.89. The Balaban J connectivity index is 1.48. The minimum Gasteiger partial charge on any atom is -0.375 e. The molecule has 1 fully saturated rings. The van der Waals surface area contributed by atoms with E-state index in [-0.39, 0.29) is 17.4 Å². The Morgan fingerprint density at radius 3 is 2.92 bits per heavy atom. The lowest BCUT2D eigenvalue weighted by atomic mass is 9.95. The van der Waals surface area contributed by atoms with E-state index >= 15 is 0 Å². The van der Waals surface area contributed by atoms with E-state index in [9.17, 15) is 4.79 Å². The second-order valence-corrected chi connectivity index (χ2v) is 7.61. The number of morpholine rings is 1. The van der Waals surface area contributed by atoms with Crippen LogP contribution in [-0.2, 0) is 16.1 Å². The highest BCUT2D eigenvalue weighted by atomic mass is 16.6. The third kappa shape index (κ3) is 4.76. The molecule has 1 amide bonds. The van der Waals surface area contributed by atoms with Gasteiger partial charge in [-0.2, -0.15) is 0 Å². The van der Waals surface area contributed by atoms with Crippen molar-refractivity contribution >= 4 is 16.9 Å². The number of benzene rings is 1. The topological polar surface area (TPSA) is 80.5 Å². The van der Waals surface area contributed by atoms with E-state index < -0.39 is 0 Å². The standard InChI is InChI=1S/C18H26N4O3/c1-18(2,3)17(23)19-7-6-14-12-22(8-9-24-14)11-13-4-5-15-16(10-13)21-25-20-15/h4-5,10,14H,6-9,11-12H2,1-3H3,(H,19,23). The Morgan fingerprint density at radius 1 is 1.32 bits per heavy atom. The molecular formula is C18H26N4O3. The predicted octanol–water partition coefficient (Wildman–Crippen LogP) is 1.98. The van der Waals surface area contributed by atoms with Crippen LogP contribution < -0.4 is 5.32 Å². The van der Waals surface area contributed by atoms with Crippen LogP contribution in [0.2, 0.25) is 0 Å². The number of nitrogens with zero attached hydrogens (tertiary/aromatic N) is 3. The summed E-state index contributed by atoms with van der Waals surface area (Å²) in [7, 11) is 0. The quantitative estimate of drug-likeness (QED) is 0.892. The third-order valence-electron chi connectivity index (χ3n) is 4.38. The largest absolute Gasteiger partial charge is 0.375 e. The molecular weight excluding hydrogens is 320 g/mol. The monoisotopic (exact) mass is 346 g/mol. The first kappa shape index (κ1) is 17.8. The van der Waals surface area contributed by atoms with Gasteiger partial charge in [0.1, 0.15) is 11.0 Å². The number of hydrogen-bond donors (Lipinski definition) is 1. The van der Waals surface area contributed by atoms with Crippen LogP contribution in [0.4, 0.5) is 0 Å². The van der Waals surface area contributed by atoms with Crippen LogP contribution in [0.1, 0.15) is 32.8 Å². The second-order valence-electron chi connectivity index (χ2n) is 7.61. The maximum Gasteiger partial charge on any atom is 0.225 e. The molecule has 0 saturated carbocycles. The number of carbonyl (C=O) groups is 1. The Labute approximate surface area is 147 Å². The lowest BCUT2D eigenvalue weighted by Crippen LogP contribution is -2.44. The molecule has 1 aromatic carbocycles. The Bertz CT molecular complexity index is 722. The molecule has 2 heterocycles. The van der Waals surface area contributed by atoms with Gasteiger partial charge in [0.15, 0.2) is 0 Å². The Morgan fingerprint density at radius 2 is 2.12 bits per heavy atom. The van der Waals surface area contributed by atoms with Gasteiger partial charge in [0.2, 0.25) is 5.91 Å². The van der Waals surface area contributed by atoms with Gasteiger partial charge in [-0.15, -0.1) is 0 Å². The number of carbonyl (C=O) groups excluding carboxylic acids is 1. The van der Waals surface area contributed by atoms with Gasteiger partial charge in [0.05, 0.1) is 12.7 Å². The first-order chi connectivity index (χ1) is 11.9. The van der Waals surface area contributed by atoms with E-state index in [1.807, 2.05) is 32.9 Å². The number of hydrogen-bond acceptors (Lipinski definition) is 6. The summed E-state index contributed by atoms with van der Waals surface area (Å²) in [4.78, 5) is 14.3. The molecule has 3 rings (SSSR count). The zero-order valence-electron chi connectivity index (χ0n) is 15.1. The summed E-state index contributed by atoms with van der Waals surface area (Å²) < 4.78 is 10.6. The van der Waals surface area contributed by atoms with Crippen LogP contribution in [0, 0.1) is 5.41 Å². The normalized spacial score (nSPS) is 19.2. The zero-order valence-corrected chi connectivity index (χ0v) is 15.1. The first-order valence-corrected chi connectivity index (χ1v) is 8.75. The van der Waals surface area contributed by atoms with Crippen LogP contribution >= 0.6 is 0 Å². The van der Waals surface area contributed by atoms with E-state index in [1.165, 1.54) is 5.56 Å². The molecule has 0 spiro atoms. The summed E-state index contributed by atoms with van der Waals surface area (Å²) in [5.41, 5.74) is 2.39. The van der Waals surface area contributed by atoms with Crippen molar-refractivity contribution in [2.24, 2.45) is 5.41 Å². The van der Waals surface area contributed by atoms with Crippen molar-refractivity contribution in [2.45, 2.75) is 39.8 Å². The van der Waals surface area contributed by atoms with Crippen molar-refractivity contribution in [2.75, 3.05) is 26.2 Å². The zero-order chi connectivity index (χ0) is 17.9. The van der Waals surface area contributed by atoms with Crippen molar-refractivity contribution in [3.63, 3.8) is 0 Å². The molecule has 136 valence electrons. The minimum atomic E-state index is -0.353. The molecule has 2 aromatic rings. The lowest BCUT2D eigenvalue weighted by molar-refractivity contribution is -0.128. The molecule has 1 atom stereocenters. The summed E-state index contributed by atoms with van der Waals surface area (Å²) in [6, 6.07) is 6.00. The summed E-state index contributed by atoms with van der Waals surface area (Å²) >= 11 is 0. The first-order valence-electron chi connectivity index (χ1n) is 8.75. The summed E-state index contributed by atoms with van der Waals surface area (Å²) in [6.45, 7) is 9.72. The van der Waals surface area contributed by atoms with Gasteiger partial charge in [0, 0.05) is 31.6 Å². The number of amides is 1. The van der Waals surface area contributed by atoms with Crippen LogP contribution in [-0.4, -0.2) is 53.5 Å². The lowest BCUT2D eigenvalue weighted by Gasteiger charge is -2.33. The predicted molar refractivity (Wildman–Crippen MR) is 93.9 cm³/mol. The smallest absolute Gasteiger partial charge is 0.225 e. The van der Waals surface area contributed by atoms with Gasteiger partial charge in [-0.25, -0.2) is 4.63 Å². The number of nitrogens with one attached hydrogen (secondary N) is 1. The average molecular weight is 346 g/mol. The molecule has 1 saturated heterocycles. The third-order valence-corrected chi connectivity index (χ3v) is 4.38. The van der Waals surface area contributed by atoms with Crippen molar-refractivity contribution in [3.8, 4) is 0 Å². The molecule has 0 aliphatic carbocycles. The number of aromatic nitrogens is 2. The highest BCUT2D eigenvalue weighted by Gasteiger charge is 2.23. The van der Waals surface area contributed by atoms with E-state index in [1.54, 1.807) is 0 Å². The maximum absolute atomic E-state index is 11.9. The van der Waals surface area contributed by atoms with E-state index in [0.29, 0.717) is 13.2 Å². The summed E-state index contributed by atoms with van der Waals surface area (Å²) in [5, 5.41) is 10.7. The SMILES string of the molecule is CC(C)(C)C(=O)NCCC1CN(Cc2ccc3nonc3c2)CCO1. The van der Waals surface area contributed by atoms with Crippen molar-refractivity contribution in [1.29, 1.82) is 0 Å². The molecule has 1 N–H and O–H groups in total. The molecule has 1 aliphatic heterocycles. The highest BCUT2D eigenvalue weighted by molar-refractivity contribution is 5.81. The molecule has 25 heavy (non-hydrogen) atoms. The number of rotatable bonds is 5. The van der Waals surface area contributed by atoms with E-state index in [2.05, 4.69) is 26.6 Å². The van der Waals surface area contributed by atoms with Crippen LogP contribution in [0.3, 0.4) is 0 Å². The molecule has 1 unspecified atom stereocenters. The average Bonchev–Trinajstić information content (AvgIpc) is 3.02. The highest BCUT2D eigenvalue weighted by Crippen LogP contribution is 2.16. The fourth-order valence-electron chi connectivity index (χ4n) is 2.89. The second kappa shape index (κ2) is 7.49. The fraction of sp³-hybridized carbons (Fsp3) is 0.611. The molecule has 7 heteroatoms. The molecule has 1 aromatic heterocycles. The number of fused-ring (bicyclic) bond motifs is 1. The van der Waals surface area contributed by atoms with Crippen molar-refractivity contribution < 1.29 is 14.2 Å². The van der Waals surface area contributed by atoms with Gasteiger partial charge in [0.25, 0.3) is 0 Å². The Hall–Kier alpha value is -1.99. The van der Waals surface area contributed by atoms with Crippen molar-refractivity contribution in [3.05, 3.63) is 23.8 Å². The maximum atomic E-state index is 11.9. The van der Waals surface area contributed by atoms with Crippen LogP contribution in [0.15, 0.2) is 22.8 Å². The van der Waals surface area contributed by atoms with E-state index in [4.69, 9.17) is 9.37 Å². The molecule has 0 radical (unpaired) electrons. The van der Waals surface area contributed by atoms with Gasteiger partial charge in [-0.05, 0) is 34.4 Å². The van der Waals surface area contributed by atoms with Gasteiger partial charge in [-0.1, -0.05) is 26.8 Å². The van der Waals surface area contributed by atoms with Crippen LogP contribution in [0.5, 0.6) is 0 Å². The molecule has 0 bridgehead atoms. The van der Waals surface area contributed by atoms with E-state index in [0.717, 1.165) is 37.1 Å². The van der Waals surface area contributed by atoms with Gasteiger partial charge < -0.3 is 10.1 Å². The van der Waals surface area contributed by atoms with Gasteiger partial charge >= 0.3 is 0 Å². The summed E-state index contributed by atoms with van der Waals surface area (Å²) in [6.07, 6.45) is 0.969. The van der Waals surface area contributed by atoms with Crippen molar-refractivity contribution in [1.82, 2.24) is 20.5 Å².